The highest BCUT2D eigenvalue weighted by molar-refractivity contribution is 9.10. The lowest BCUT2D eigenvalue weighted by Gasteiger charge is -2.39. The van der Waals surface area contributed by atoms with Gasteiger partial charge in [-0.05, 0) is 18.2 Å². The first-order valence-corrected chi connectivity index (χ1v) is 7.09. The predicted octanol–water partition coefficient (Wildman–Crippen LogP) is 2.18. The molecule has 0 bridgehead atoms. The van der Waals surface area contributed by atoms with E-state index >= 15 is 0 Å². The Bertz CT molecular complexity index is 614. The maximum Gasteiger partial charge on any atom is 0.254 e. The van der Waals surface area contributed by atoms with Crippen LogP contribution >= 0.6 is 15.9 Å². The summed E-state index contributed by atoms with van der Waals surface area (Å²) in [5, 5.41) is 3.25. The zero-order valence-corrected chi connectivity index (χ0v) is 12.2. The first kappa shape index (κ1) is 13.1. The number of hydrogen-bond donors (Lipinski definition) is 1. The molecule has 1 amide bonds. The number of amides is 1. The lowest BCUT2D eigenvalue weighted by molar-refractivity contribution is 0.0625. The summed E-state index contributed by atoms with van der Waals surface area (Å²) < 4.78 is 0.915. The summed E-state index contributed by atoms with van der Waals surface area (Å²) in [4.78, 5) is 22.2. The number of benzene rings is 1. The molecule has 1 aromatic carbocycles. The Balaban J connectivity index is 1.56. The van der Waals surface area contributed by atoms with Gasteiger partial charge >= 0.3 is 0 Å². The molecule has 1 aromatic heterocycles. The monoisotopic (exact) mass is 332 g/mol. The third-order valence-corrected chi connectivity index (χ3v) is 3.65. The second-order valence-corrected chi connectivity index (χ2v) is 5.57. The van der Waals surface area contributed by atoms with Crippen molar-refractivity contribution in [3.63, 3.8) is 0 Å². The number of nitrogens with one attached hydrogen (secondary N) is 1. The smallest absolute Gasteiger partial charge is 0.254 e. The van der Waals surface area contributed by atoms with E-state index in [0.717, 1.165) is 10.3 Å². The van der Waals surface area contributed by atoms with Crippen LogP contribution in [0.3, 0.4) is 0 Å². The minimum Gasteiger partial charge on any atom is -0.362 e. The van der Waals surface area contributed by atoms with Crippen molar-refractivity contribution in [2.75, 3.05) is 18.4 Å². The van der Waals surface area contributed by atoms with Gasteiger partial charge in [0, 0.05) is 35.5 Å². The first-order valence-electron chi connectivity index (χ1n) is 6.30. The Hall–Kier alpha value is -1.95. The molecule has 0 spiro atoms. The standard InChI is InChI=1S/C14H13BrN4O/c15-11-3-1-2-10(6-11)14(20)19-8-12(9-19)18-13-7-16-4-5-17-13/h1-7,12H,8-9H2,(H,17,18). The third kappa shape index (κ3) is 2.80. The van der Waals surface area contributed by atoms with Gasteiger partial charge in [-0.25, -0.2) is 4.98 Å². The van der Waals surface area contributed by atoms with Crippen molar-refractivity contribution >= 4 is 27.7 Å². The van der Waals surface area contributed by atoms with E-state index in [4.69, 9.17) is 0 Å². The first-order chi connectivity index (χ1) is 9.72. The predicted molar refractivity (Wildman–Crippen MR) is 79.5 cm³/mol. The molecule has 1 fully saturated rings. The SMILES string of the molecule is O=C(c1cccc(Br)c1)N1CC(Nc2cnccn2)C1. The quantitative estimate of drug-likeness (QED) is 0.935. The molecule has 2 heterocycles. The van der Waals surface area contributed by atoms with Gasteiger partial charge in [0.15, 0.2) is 0 Å². The van der Waals surface area contributed by atoms with Gasteiger partial charge in [-0.3, -0.25) is 9.78 Å². The van der Waals surface area contributed by atoms with E-state index in [-0.39, 0.29) is 11.9 Å². The van der Waals surface area contributed by atoms with Crippen molar-refractivity contribution in [1.82, 2.24) is 14.9 Å². The van der Waals surface area contributed by atoms with Gasteiger partial charge in [0.25, 0.3) is 5.91 Å². The van der Waals surface area contributed by atoms with E-state index in [2.05, 4.69) is 31.2 Å². The Morgan fingerprint density at radius 3 is 2.90 bits per heavy atom. The summed E-state index contributed by atoms with van der Waals surface area (Å²) in [6, 6.07) is 7.68. The number of nitrogens with zero attached hydrogens (tertiary/aromatic N) is 3. The molecule has 0 atom stereocenters. The molecule has 102 valence electrons. The van der Waals surface area contributed by atoms with Gasteiger partial charge in [-0.2, -0.15) is 0 Å². The molecule has 1 aliphatic rings. The van der Waals surface area contributed by atoms with Gasteiger partial charge in [0.05, 0.1) is 12.2 Å². The van der Waals surface area contributed by atoms with Crippen LogP contribution < -0.4 is 5.32 Å². The molecule has 1 N–H and O–H groups in total. The Morgan fingerprint density at radius 1 is 1.35 bits per heavy atom. The summed E-state index contributed by atoms with van der Waals surface area (Å²) in [6.07, 6.45) is 4.96. The molecule has 5 nitrogen and oxygen atoms in total. The minimum absolute atomic E-state index is 0.0588. The highest BCUT2D eigenvalue weighted by Gasteiger charge is 2.31. The fraction of sp³-hybridized carbons (Fsp3) is 0.214. The number of carbonyl (C=O) groups excluding carboxylic acids is 1. The molecule has 6 heteroatoms. The van der Waals surface area contributed by atoms with Crippen molar-refractivity contribution in [2.45, 2.75) is 6.04 Å². The molecule has 0 radical (unpaired) electrons. The molecule has 1 saturated heterocycles. The zero-order valence-electron chi connectivity index (χ0n) is 10.7. The Kier molecular flexibility index (Phi) is 3.64. The highest BCUT2D eigenvalue weighted by atomic mass is 79.9. The summed E-state index contributed by atoms with van der Waals surface area (Å²) in [6.45, 7) is 1.36. The molecule has 20 heavy (non-hydrogen) atoms. The van der Waals surface area contributed by atoms with E-state index in [1.807, 2.05) is 29.2 Å². The van der Waals surface area contributed by atoms with Crippen LogP contribution in [0.15, 0.2) is 47.3 Å². The zero-order chi connectivity index (χ0) is 13.9. The van der Waals surface area contributed by atoms with Crippen LogP contribution in [0.2, 0.25) is 0 Å². The van der Waals surface area contributed by atoms with Crippen molar-refractivity contribution < 1.29 is 4.79 Å². The maximum absolute atomic E-state index is 12.2. The third-order valence-electron chi connectivity index (χ3n) is 3.16. The number of halogens is 1. The van der Waals surface area contributed by atoms with E-state index < -0.39 is 0 Å². The van der Waals surface area contributed by atoms with Crippen LogP contribution in [0.25, 0.3) is 0 Å². The van der Waals surface area contributed by atoms with Crippen LogP contribution in [-0.2, 0) is 0 Å². The molecular formula is C14H13BrN4O. The average Bonchev–Trinajstić information content (AvgIpc) is 2.43. The van der Waals surface area contributed by atoms with Crippen LogP contribution in [-0.4, -0.2) is 39.9 Å². The largest absolute Gasteiger partial charge is 0.362 e. The number of anilines is 1. The van der Waals surface area contributed by atoms with Crippen LogP contribution in [0.4, 0.5) is 5.82 Å². The topological polar surface area (TPSA) is 58.1 Å². The van der Waals surface area contributed by atoms with Crippen molar-refractivity contribution in [1.29, 1.82) is 0 Å². The van der Waals surface area contributed by atoms with E-state index in [1.165, 1.54) is 0 Å². The molecule has 0 unspecified atom stereocenters. The Labute approximate surface area is 125 Å². The second-order valence-electron chi connectivity index (χ2n) is 4.65. The fourth-order valence-electron chi connectivity index (χ4n) is 2.12. The van der Waals surface area contributed by atoms with Crippen LogP contribution in [0.5, 0.6) is 0 Å². The van der Waals surface area contributed by atoms with Crippen molar-refractivity contribution in [3.8, 4) is 0 Å². The molecule has 0 saturated carbocycles. The Morgan fingerprint density at radius 2 is 2.20 bits per heavy atom. The molecular weight excluding hydrogens is 320 g/mol. The van der Waals surface area contributed by atoms with Crippen molar-refractivity contribution in [2.24, 2.45) is 0 Å². The number of rotatable bonds is 3. The van der Waals surface area contributed by atoms with E-state index in [0.29, 0.717) is 18.7 Å². The van der Waals surface area contributed by atoms with Crippen molar-refractivity contribution in [3.05, 3.63) is 52.9 Å². The number of hydrogen-bond acceptors (Lipinski definition) is 4. The van der Waals surface area contributed by atoms with Gasteiger partial charge in [0.2, 0.25) is 0 Å². The summed E-state index contributed by atoms with van der Waals surface area (Å²) in [5.74, 6) is 0.801. The molecule has 1 aliphatic heterocycles. The normalized spacial score (nSPS) is 14.8. The van der Waals surface area contributed by atoms with Crippen LogP contribution in [0.1, 0.15) is 10.4 Å². The molecule has 3 rings (SSSR count). The molecule has 2 aromatic rings. The summed E-state index contributed by atoms with van der Waals surface area (Å²) in [7, 11) is 0. The van der Waals surface area contributed by atoms with Gasteiger partial charge in [-0.1, -0.05) is 22.0 Å². The van der Waals surface area contributed by atoms with E-state index in [9.17, 15) is 4.79 Å². The summed E-state index contributed by atoms with van der Waals surface area (Å²) >= 11 is 3.38. The lowest BCUT2D eigenvalue weighted by Crippen LogP contribution is -2.57. The number of carbonyl (C=O) groups is 1. The maximum atomic E-state index is 12.2. The number of aromatic nitrogens is 2. The van der Waals surface area contributed by atoms with Gasteiger partial charge < -0.3 is 10.2 Å². The fourth-order valence-corrected chi connectivity index (χ4v) is 2.52. The molecule has 0 aliphatic carbocycles. The van der Waals surface area contributed by atoms with Crippen LogP contribution in [0, 0.1) is 0 Å². The highest BCUT2D eigenvalue weighted by Crippen LogP contribution is 2.18. The number of likely N-dealkylation sites (tertiary alicyclic amines) is 1. The minimum atomic E-state index is 0.0588. The lowest BCUT2D eigenvalue weighted by atomic mass is 10.1. The van der Waals surface area contributed by atoms with E-state index in [1.54, 1.807) is 18.6 Å². The second kappa shape index (κ2) is 5.58. The van der Waals surface area contributed by atoms with Gasteiger partial charge in [0.1, 0.15) is 5.82 Å². The average molecular weight is 333 g/mol. The van der Waals surface area contributed by atoms with Gasteiger partial charge in [-0.15, -0.1) is 0 Å². The summed E-state index contributed by atoms with van der Waals surface area (Å²) in [5.41, 5.74) is 0.706.